The normalized spacial score (nSPS) is 11.8. The minimum absolute atomic E-state index is 0.374. The number of nitrogens with one attached hydrogen (secondary N) is 1. The molecule has 18 heavy (non-hydrogen) atoms. The lowest BCUT2D eigenvalue weighted by Gasteiger charge is -2.11. The van der Waals surface area contributed by atoms with Crippen molar-refractivity contribution in [1.29, 1.82) is 5.26 Å². The maximum atomic E-state index is 8.85. The molecule has 92 valence electrons. The molecule has 2 aromatic rings. The maximum absolute atomic E-state index is 8.85. The van der Waals surface area contributed by atoms with Crippen LogP contribution in [0.1, 0.15) is 23.4 Å². The molecule has 0 fully saturated rings. The molecule has 1 aromatic carbocycles. The summed E-state index contributed by atoms with van der Waals surface area (Å²) < 4.78 is 0.817. The van der Waals surface area contributed by atoms with Crippen molar-refractivity contribution < 1.29 is 0 Å². The SMILES string of the molecule is CC(CNc1ccc(C#N)c(Br)c1)c1nccs1. The molecule has 1 unspecified atom stereocenters. The summed E-state index contributed by atoms with van der Waals surface area (Å²) in [4.78, 5) is 4.30. The van der Waals surface area contributed by atoms with Crippen LogP contribution in [0.2, 0.25) is 0 Å². The van der Waals surface area contributed by atoms with E-state index in [0.29, 0.717) is 11.5 Å². The van der Waals surface area contributed by atoms with Crippen molar-refractivity contribution in [2.75, 3.05) is 11.9 Å². The van der Waals surface area contributed by atoms with Gasteiger partial charge in [-0.3, -0.25) is 0 Å². The minimum Gasteiger partial charge on any atom is -0.384 e. The van der Waals surface area contributed by atoms with Crippen LogP contribution in [-0.2, 0) is 0 Å². The Labute approximate surface area is 119 Å². The topological polar surface area (TPSA) is 48.7 Å². The number of rotatable bonds is 4. The smallest absolute Gasteiger partial charge is 0.100 e. The predicted molar refractivity (Wildman–Crippen MR) is 77.9 cm³/mol. The van der Waals surface area contributed by atoms with Crippen LogP contribution in [0.15, 0.2) is 34.2 Å². The lowest BCUT2D eigenvalue weighted by atomic mass is 10.2. The van der Waals surface area contributed by atoms with Crippen LogP contribution in [-0.4, -0.2) is 11.5 Å². The number of halogens is 1. The molecule has 1 N–H and O–H groups in total. The monoisotopic (exact) mass is 321 g/mol. The number of thiazole rings is 1. The van der Waals surface area contributed by atoms with E-state index < -0.39 is 0 Å². The Bertz CT molecular complexity index is 560. The first kappa shape index (κ1) is 13.1. The van der Waals surface area contributed by atoms with Gasteiger partial charge in [0.1, 0.15) is 6.07 Å². The van der Waals surface area contributed by atoms with Crippen molar-refractivity contribution in [2.24, 2.45) is 0 Å². The molecule has 1 heterocycles. The minimum atomic E-state index is 0.374. The van der Waals surface area contributed by atoms with Gasteiger partial charge in [-0.05, 0) is 34.1 Å². The summed E-state index contributed by atoms with van der Waals surface area (Å²) in [6.07, 6.45) is 1.83. The first-order valence-electron chi connectivity index (χ1n) is 5.53. The maximum Gasteiger partial charge on any atom is 0.100 e. The van der Waals surface area contributed by atoms with Gasteiger partial charge in [-0.25, -0.2) is 4.98 Å². The molecular formula is C13H12BrN3S. The van der Waals surface area contributed by atoms with Gasteiger partial charge in [-0.15, -0.1) is 11.3 Å². The third kappa shape index (κ3) is 3.09. The molecule has 0 saturated carbocycles. The second-order valence-electron chi connectivity index (χ2n) is 3.96. The van der Waals surface area contributed by atoms with Crippen LogP contribution >= 0.6 is 27.3 Å². The standard InChI is InChI=1S/C13H12BrN3S/c1-9(13-16-4-5-18-13)8-17-11-3-2-10(7-15)12(14)6-11/h2-6,9,17H,8H2,1H3. The van der Waals surface area contributed by atoms with Crippen molar-refractivity contribution in [3.8, 4) is 6.07 Å². The van der Waals surface area contributed by atoms with Crippen LogP contribution in [0.5, 0.6) is 0 Å². The molecule has 0 radical (unpaired) electrons. The van der Waals surface area contributed by atoms with Crippen LogP contribution in [0.4, 0.5) is 5.69 Å². The van der Waals surface area contributed by atoms with E-state index in [4.69, 9.17) is 5.26 Å². The molecule has 0 amide bonds. The van der Waals surface area contributed by atoms with Crippen LogP contribution < -0.4 is 5.32 Å². The lowest BCUT2D eigenvalue weighted by Crippen LogP contribution is -2.09. The molecule has 5 heteroatoms. The summed E-state index contributed by atoms with van der Waals surface area (Å²) in [6.45, 7) is 2.97. The van der Waals surface area contributed by atoms with E-state index in [-0.39, 0.29) is 0 Å². The van der Waals surface area contributed by atoms with Crippen LogP contribution in [0.25, 0.3) is 0 Å². The van der Waals surface area contributed by atoms with Gasteiger partial charge >= 0.3 is 0 Å². The fourth-order valence-corrected chi connectivity index (χ4v) is 2.72. The molecule has 0 bridgehead atoms. The van der Waals surface area contributed by atoms with Crippen molar-refractivity contribution >= 4 is 33.0 Å². The first-order valence-corrected chi connectivity index (χ1v) is 7.21. The van der Waals surface area contributed by atoms with Crippen LogP contribution in [0, 0.1) is 11.3 Å². The Hall–Kier alpha value is -1.38. The van der Waals surface area contributed by atoms with Gasteiger partial charge in [0.05, 0.1) is 10.6 Å². The molecule has 1 aromatic heterocycles. The van der Waals surface area contributed by atoms with Gasteiger partial charge in [-0.1, -0.05) is 6.92 Å². The van der Waals surface area contributed by atoms with E-state index in [1.54, 1.807) is 17.4 Å². The Morgan fingerprint density at radius 3 is 3.00 bits per heavy atom. The van der Waals surface area contributed by atoms with E-state index >= 15 is 0 Å². The number of nitrogens with zero attached hydrogens (tertiary/aromatic N) is 2. The van der Waals surface area contributed by atoms with Crippen molar-refractivity contribution in [1.82, 2.24) is 4.98 Å². The van der Waals surface area contributed by atoms with Crippen molar-refractivity contribution in [2.45, 2.75) is 12.8 Å². The second kappa shape index (κ2) is 5.98. The molecule has 1 atom stereocenters. The van der Waals surface area contributed by atoms with E-state index in [1.165, 1.54) is 0 Å². The van der Waals surface area contributed by atoms with Gasteiger partial charge in [0.15, 0.2) is 0 Å². The summed E-state index contributed by atoms with van der Waals surface area (Å²) in [5.74, 6) is 0.374. The zero-order valence-corrected chi connectivity index (χ0v) is 12.3. The highest BCUT2D eigenvalue weighted by Gasteiger charge is 2.08. The Morgan fingerprint density at radius 1 is 1.56 bits per heavy atom. The fraction of sp³-hybridized carbons (Fsp3) is 0.231. The lowest BCUT2D eigenvalue weighted by molar-refractivity contribution is 0.795. The van der Waals surface area contributed by atoms with Crippen molar-refractivity contribution in [3.05, 3.63) is 44.8 Å². The van der Waals surface area contributed by atoms with Crippen LogP contribution in [0.3, 0.4) is 0 Å². The summed E-state index contributed by atoms with van der Waals surface area (Å²) >= 11 is 5.05. The quantitative estimate of drug-likeness (QED) is 0.926. The molecule has 3 nitrogen and oxygen atoms in total. The molecule has 0 aliphatic carbocycles. The fourth-order valence-electron chi connectivity index (χ4n) is 1.55. The van der Waals surface area contributed by atoms with E-state index in [9.17, 15) is 0 Å². The molecule has 2 rings (SSSR count). The van der Waals surface area contributed by atoms with E-state index in [0.717, 1.165) is 21.7 Å². The van der Waals surface area contributed by atoms with Gasteiger partial charge < -0.3 is 5.32 Å². The summed E-state index contributed by atoms with van der Waals surface area (Å²) in [5, 5.41) is 15.3. The number of nitriles is 1. The Balaban J connectivity index is 1.99. The number of benzene rings is 1. The number of hydrogen-bond acceptors (Lipinski definition) is 4. The van der Waals surface area contributed by atoms with E-state index in [1.807, 2.05) is 23.7 Å². The van der Waals surface area contributed by atoms with Gasteiger partial charge in [0.25, 0.3) is 0 Å². The molecule has 0 spiro atoms. The van der Waals surface area contributed by atoms with Gasteiger partial charge in [0.2, 0.25) is 0 Å². The first-order chi connectivity index (χ1) is 8.70. The van der Waals surface area contributed by atoms with E-state index in [2.05, 4.69) is 39.2 Å². The number of anilines is 1. The highest BCUT2D eigenvalue weighted by Crippen LogP contribution is 2.22. The summed E-state index contributed by atoms with van der Waals surface area (Å²) in [6, 6.07) is 7.77. The number of aromatic nitrogens is 1. The Kier molecular flexibility index (Phi) is 4.34. The van der Waals surface area contributed by atoms with Gasteiger partial charge in [0, 0.05) is 34.2 Å². The highest BCUT2D eigenvalue weighted by atomic mass is 79.9. The average Bonchev–Trinajstić information content (AvgIpc) is 2.90. The molecular weight excluding hydrogens is 310 g/mol. The van der Waals surface area contributed by atoms with Gasteiger partial charge in [-0.2, -0.15) is 5.26 Å². The van der Waals surface area contributed by atoms with Crippen molar-refractivity contribution in [3.63, 3.8) is 0 Å². The third-order valence-electron chi connectivity index (χ3n) is 2.57. The second-order valence-corrected chi connectivity index (χ2v) is 5.74. The third-order valence-corrected chi connectivity index (χ3v) is 4.24. The largest absolute Gasteiger partial charge is 0.384 e. The summed E-state index contributed by atoms with van der Waals surface area (Å²) in [7, 11) is 0. The summed E-state index contributed by atoms with van der Waals surface area (Å²) in [5.41, 5.74) is 1.65. The molecule has 0 saturated heterocycles. The predicted octanol–water partition coefficient (Wildman–Crippen LogP) is 3.99. The highest BCUT2D eigenvalue weighted by molar-refractivity contribution is 9.10. The zero-order chi connectivity index (χ0) is 13.0. The Morgan fingerprint density at radius 2 is 2.39 bits per heavy atom. The molecule has 0 aliphatic heterocycles. The number of hydrogen-bond donors (Lipinski definition) is 1. The zero-order valence-electron chi connectivity index (χ0n) is 9.85. The average molecular weight is 322 g/mol. The molecule has 0 aliphatic rings.